The van der Waals surface area contributed by atoms with E-state index >= 15 is 0 Å². The van der Waals surface area contributed by atoms with Crippen LogP contribution in [0.4, 0.5) is 8.78 Å². The zero-order valence-electron chi connectivity index (χ0n) is 35.4. The lowest BCUT2D eigenvalue weighted by atomic mass is 10.0. The summed E-state index contributed by atoms with van der Waals surface area (Å²) in [7, 11) is 3.40. The number of allylic oxidation sites excluding steroid dienone is 3. The Morgan fingerprint density at radius 2 is 1.68 bits per heavy atom. The highest BCUT2D eigenvalue weighted by atomic mass is 19.3. The van der Waals surface area contributed by atoms with Gasteiger partial charge in [-0.2, -0.15) is 5.10 Å². The average molecular weight is 789 g/mol. The molecule has 3 aliphatic heterocycles. The van der Waals surface area contributed by atoms with Gasteiger partial charge in [0, 0.05) is 55.7 Å². The topological polar surface area (TPSA) is 110 Å². The van der Waals surface area contributed by atoms with E-state index in [1.807, 2.05) is 76.7 Å². The molecule has 0 bridgehead atoms. The Morgan fingerprint density at radius 3 is 2.21 bits per heavy atom. The van der Waals surface area contributed by atoms with Crippen LogP contribution in [0.2, 0.25) is 0 Å². The number of halogens is 2. The summed E-state index contributed by atoms with van der Waals surface area (Å²) in [5.74, 6) is -0.378. The Balaban J connectivity index is 0.000000245. The number of aliphatic imine (C=N–C) groups is 1. The number of para-hydroxylation sites is 1. The van der Waals surface area contributed by atoms with Crippen LogP contribution in [-0.4, -0.2) is 101 Å². The summed E-state index contributed by atoms with van der Waals surface area (Å²) in [6.07, 6.45) is 13.4. The van der Waals surface area contributed by atoms with Crippen LogP contribution in [0.1, 0.15) is 102 Å². The third-order valence-corrected chi connectivity index (χ3v) is 9.69. The highest BCUT2D eigenvalue weighted by Gasteiger charge is 2.41. The van der Waals surface area contributed by atoms with E-state index in [0.29, 0.717) is 42.1 Å². The van der Waals surface area contributed by atoms with E-state index in [0.717, 1.165) is 79.7 Å². The zero-order valence-corrected chi connectivity index (χ0v) is 35.4. The Kier molecular flexibility index (Phi) is 18.8. The van der Waals surface area contributed by atoms with Crippen molar-refractivity contribution in [3.8, 4) is 16.9 Å². The summed E-state index contributed by atoms with van der Waals surface area (Å²) < 4.78 is 31.2. The number of ketones is 2. The lowest BCUT2D eigenvalue weighted by Crippen LogP contribution is -2.53. The number of benzene rings is 1. The Hall–Kier alpha value is -4.68. The van der Waals surface area contributed by atoms with Crippen molar-refractivity contribution < 1.29 is 27.9 Å². The molecule has 3 aromatic rings. The van der Waals surface area contributed by atoms with Crippen molar-refractivity contribution in [2.45, 2.75) is 99.1 Å². The highest BCUT2D eigenvalue weighted by Crippen LogP contribution is 2.34. The van der Waals surface area contributed by atoms with Crippen LogP contribution in [0.15, 0.2) is 77.1 Å². The van der Waals surface area contributed by atoms with E-state index in [-0.39, 0.29) is 18.9 Å². The van der Waals surface area contributed by atoms with E-state index in [1.165, 1.54) is 11.1 Å². The number of aryl methyl sites for hydroxylation is 1. The maximum absolute atomic E-state index is 11.7. The van der Waals surface area contributed by atoms with Gasteiger partial charge in [-0.1, -0.05) is 76.6 Å². The summed E-state index contributed by atoms with van der Waals surface area (Å²) >= 11 is 0. The van der Waals surface area contributed by atoms with Crippen molar-refractivity contribution in [2.75, 3.05) is 46.9 Å². The number of ether oxygens (including phenoxy) is 1. The van der Waals surface area contributed by atoms with Crippen LogP contribution < -0.4 is 4.74 Å². The number of alkyl halides is 2. The number of carbonyl (C=O) groups excluding carboxylic acids is 3. The number of methoxy groups -OCH3 is 1. The molecule has 2 saturated heterocycles. The first-order chi connectivity index (χ1) is 27.3. The number of rotatable bonds is 11. The molecular weight excluding hydrogens is 727 g/mol. The molecule has 12 heteroatoms. The van der Waals surface area contributed by atoms with Gasteiger partial charge >= 0.3 is 0 Å². The maximum Gasteiger partial charge on any atom is 0.272 e. The molecule has 0 amide bonds. The number of likely N-dealkylation sites (tertiary alicyclic amines) is 2. The molecule has 1 aliphatic carbocycles. The van der Waals surface area contributed by atoms with Gasteiger partial charge in [0.25, 0.3) is 5.92 Å². The molecule has 0 radical (unpaired) electrons. The maximum atomic E-state index is 11.7. The second kappa shape index (κ2) is 22.9. The van der Waals surface area contributed by atoms with Crippen molar-refractivity contribution in [3.05, 3.63) is 89.0 Å². The van der Waals surface area contributed by atoms with Crippen molar-refractivity contribution >= 4 is 23.6 Å². The first-order valence-electron chi connectivity index (χ1n) is 20.2. The van der Waals surface area contributed by atoms with Crippen molar-refractivity contribution in [3.63, 3.8) is 0 Å². The third-order valence-electron chi connectivity index (χ3n) is 9.69. The monoisotopic (exact) mass is 788 g/mol. The molecule has 3 fully saturated rings. The second-order valence-electron chi connectivity index (χ2n) is 14.4. The third kappa shape index (κ3) is 14.3. The number of hydrogen-bond donors (Lipinski definition) is 0. The molecule has 0 spiro atoms. The summed E-state index contributed by atoms with van der Waals surface area (Å²) in [4.78, 5) is 45.4. The first-order valence-corrected chi connectivity index (χ1v) is 20.2. The largest absolute Gasteiger partial charge is 0.496 e. The lowest BCUT2D eigenvalue weighted by Gasteiger charge is -2.39. The van der Waals surface area contributed by atoms with Crippen molar-refractivity contribution in [2.24, 2.45) is 10.9 Å². The fourth-order valence-corrected chi connectivity index (χ4v) is 6.52. The number of aromatic nitrogens is 3. The quantitative estimate of drug-likeness (QED) is 0.178. The standard InChI is InChI=1S/C22H24N4O2.C11H15NO.C6H10O.C4H7F2N.C2H6/c1-3-16-6-4-9-21(22(16)28-2)17-10-23-26(11-17)20-13-25(14-20)12-18-7-5-8-19(15-27)24-18;1-4-10(13)11-9(3)7-8(2)5-6-12-11;1-2-6(7)5-3-4-5;1-7-2-4(5,6)3-7;1-2/h4-11,15,20H,3,12-14H2,1-2H3;5,7H,4,6H2,1-3H3;5H,2-4H2,1H3;2-3H2,1H3;1-2H3. The predicted molar refractivity (Wildman–Crippen MR) is 224 cm³/mol. The fraction of sp³-hybridized carbons (Fsp3) is 0.511. The number of carbonyl (C=O) groups is 3. The predicted octanol–water partition coefficient (Wildman–Crippen LogP) is 8.67. The number of Topliss-reactive ketones (excluding diaryl/α,β-unsaturated/α-hetero) is 2. The van der Waals surface area contributed by atoms with Crippen molar-refractivity contribution in [1.29, 1.82) is 0 Å². The molecule has 0 unspecified atom stereocenters. The molecule has 5 heterocycles. The molecule has 0 atom stereocenters. The van der Waals surface area contributed by atoms with Crippen LogP contribution in [-0.2, 0) is 22.6 Å². The van der Waals surface area contributed by atoms with Crippen LogP contribution in [0.5, 0.6) is 5.75 Å². The smallest absolute Gasteiger partial charge is 0.272 e. The minimum atomic E-state index is -2.38. The lowest BCUT2D eigenvalue weighted by molar-refractivity contribution is -0.120. The molecule has 7 rings (SSSR count). The Bertz CT molecular complexity index is 1870. The molecule has 10 nitrogen and oxygen atoms in total. The number of nitrogens with zero attached hydrogens (tertiary/aromatic N) is 6. The van der Waals surface area contributed by atoms with E-state index < -0.39 is 5.92 Å². The van der Waals surface area contributed by atoms with Crippen LogP contribution >= 0.6 is 0 Å². The van der Waals surface area contributed by atoms with E-state index in [4.69, 9.17) is 4.74 Å². The van der Waals surface area contributed by atoms with Crippen LogP contribution in [0, 0.1) is 5.92 Å². The van der Waals surface area contributed by atoms with Gasteiger partial charge in [-0.25, -0.2) is 13.8 Å². The van der Waals surface area contributed by atoms with Gasteiger partial charge in [0.1, 0.15) is 22.9 Å². The van der Waals surface area contributed by atoms with Gasteiger partial charge in [-0.05, 0) is 63.4 Å². The van der Waals surface area contributed by atoms with Gasteiger partial charge in [-0.15, -0.1) is 0 Å². The molecule has 2 aromatic heterocycles. The number of pyridine rings is 1. The number of aldehydes is 1. The van der Waals surface area contributed by atoms with Crippen molar-refractivity contribution in [1.82, 2.24) is 24.6 Å². The normalized spacial score (nSPS) is 17.2. The molecule has 1 saturated carbocycles. The van der Waals surface area contributed by atoms with Gasteiger partial charge in [0.05, 0.1) is 44.7 Å². The summed E-state index contributed by atoms with van der Waals surface area (Å²) in [6.45, 7) is 17.0. The SMILES string of the molecule is CC.CCC(=O)C1=NCC=C(C)C=C1C.CCC(=O)C1CC1.CCc1cccc(-c2cnn(C3CN(Cc4cccc(C=O)n4)C3)c2)c1OC.CN1CC(F)(F)C1. The average Bonchev–Trinajstić information content (AvgIpc) is 3.97. The Labute approximate surface area is 338 Å². The zero-order chi connectivity index (χ0) is 42.1. The molecule has 1 aromatic carbocycles. The van der Waals surface area contributed by atoms with Gasteiger partial charge in [-0.3, -0.25) is 33.9 Å². The summed E-state index contributed by atoms with van der Waals surface area (Å²) in [5.41, 5.74) is 7.58. The fourth-order valence-electron chi connectivity index (χ4n) is 6.52. The minimum absolute atomic E-state index is 0.0625. The molecule has 310 valence electrons. The summed E-state index contributed by atoms with van der Waals surface area (Å²) in [6, 6.07) is 12.2. The van der Waals surface area contributed by atoms with Gasteiger partial charge < -0.3 is 4.74 Å². The van der Waals surface area contributed by atoms with E-state index in [9.17, 15) is 23.2 Å². The Morgan fingerprint density at radius 1 is 1.00 bits per heavy atom. The van der Waals surface area contributed by atoms with Gasteiger partial charge in [0.15, 0.2) is 12.1 Å². The summed E-state index contributed by atoms with van der Waals surface area (Å²) in [5, 5.41) is 4.59. The molecule has 0 N–H and O–H groups in total. The first kappa shape index (κ1) is 46.7. The molecular formula is C45H62F2N6O4. The minimum Gasteiger partial charge on any atom is -0.496 e. The number of hydrogen-bond acceptors (Lipinski definition) is 9. The molecule has 57 heavy (non-hydrogen) atoms. The van der Waals surface area contributed by atoms with E-state index in [2.05, 4.69) is 51.3 Å². The second-order valence-corrected chi connectivity index (χ2v) is 14.4. The van der Waals surface area contributed by atoms with Crippen LogP contribution in [0.25, 0.3) is 11.1 Å². The van der Waals surface area contributed by atoms with E-state index in [1.54, 1.807) is 25.1 Å². The molecule has 4 aliphatic rings. The van der Waals surface area contributed by atoms with Gasteiger partial charge in [0.2, 0.25) is 0 Å². The highest BCUT2D eigenvalue weighted by molar-refractivity contribution is 6.46. The van der Waals surface area contributed by atoms with Crippen LogP contribution in [0.3, 0.4) is 0 Å².